The number of para-hydroxylation sites is 1. The van der Waals surface area contributed by atoms with E-state index < -0.39 is 5.41 Å². The van der Waals surface area contributed by atoms with Crippen LogP contribution in [0.2, 0.25) is 0 Å². The average molecular weight is 1030 g/mol. The third-order valence-electron chi connectivity index (χ3n) is 16.6. The highest BCUT2D eigenvalue weighted by Gasteiger charge is 2.46. The molecule has 2 heteroatoms. The van der Waals surface area contributed by atoms with E-state index in [0.717, 1.165) is 28.3 Å². The van der Waals surface area contributed by atoms with E-state index in [2.05, 4.69) is 337 Å². The first-order valence-corrected chi connectivity index (χ1v) is 28.0. The maximum Gasteiger partial charge on any atom is 0.0714 e. The first-order valence-electron chi connectivity index (χ1n) is 28.0. The summed E-state index contributed by atoms with van der Waals surface area (Å²) in [6.45, 7) is 0. The molecule has 0 atom stereocenters. The molecule has 1 aliphatic rings. The van der Waals surface area contributed by atoms with Gasteiger partial charge in [0, 0.05) is 33.5 Å². The van der Waals surface area contributed by atoms with Crippen LogP contribution in [0.15, 0.2) is 328 Å². The number of fused-ring (bicyclic) bond motifs is 6. The van der Waals surface area contributed by atoms with Crippen molar-refractivity contribution in [2.75, 3.05) is 4.90 Å². The molecule has 0 spiro atoms. The molecule has 0 N–H and O–H groups in total. The van der Waals surface area contributed by atoms with Gasteiger partial charge in [0.05, 0.1) is 16.4 Å². The molecule has 1 aromatic heterocycles. The molecule has 1 heterocycles. The van der Waals surface area contributed by atoms with Gasteiger partial charge >= 0.3 is 0 Å². The first-order chi connectivity index (χ1) is 40.2. The highest BCUT2D eigenvalue weighted by molar-refractivity contribution is 6.11. The van der Waals surface area contributed by atoms with Gasteiger partial charge < -0.3 is 9.47 Å². The SMILES string of the molecule is c1ccc(-c2ccc(N(c3cccc(-c4ccccc4-c4ccc5c(c4)c4ccccc4n5-c4cc(-c5ccccc5)cc(-c5ccccc5)c4)c3)c3ccc4c(c3)C(c3ccccc3)(c3ccccc3)c3ccccc3-4)cc2)cc1. The Labute approximate surface area is 473 Å². The summed E-state index contributed by atoms with van der Waals surface area (Å²) in [5.41, 5.74) is 25.5. The highest BCUT2D eigenvalue weighted by atomic mass is 15.1. The summed E-state index contributed by atoms with van der Waals surface area (Å²) < 4.78 is 2.45. The van der Waals surface area contributed by atoms with Crippen LogP contribution in [0.25, 0.3) is 94.3 Å². The van der Waals surface area contributed by atoms with Crippen LogP contribution >= 0.6 is 0 Å². The molecule has 0 amide bonds. The summed E-state index contributed by atoms with van der Waals surface area (Å²) >= 11 is 0. The van der Waals surface area contributed by atoms with Crippen molar-refractivity contribution in [2.45, 2.75) is 5.41 Å². The van der Waals surface area contributed by atoms with E-state index in [4.69, 9.17) is 0 Å². The Bertz CT molecular complexity index is 4500. The van der Waals surface area contributed by atoms with Crippen molar-refractivity contribution < 1.29 is 0 Å². The van der Waals surface area contributed by atoms with E-state index in [0.29, 0.717) is 0 Å². The molecule has 81 heavy (non-hydrogen) atoms. The summed E-state index contributed by atoms with van der Waals surface area (Å²) in [5, 5.41) is 2.43. The quantitative estimate of drug-likeness (QED) is 0.125. The number of anilines is 3. The molecule has 0 aliphatic heterocycles. The van der Waals surface area contributed by atoms with Gasteiger partial charge in [-0.1, -0.05) is 255 Å². The number of aromatic nitrogens is 1. The van der Waals surface area contributed by atoms with Crippen molar-refractivity contribution in [1.82, 2.24) is 4.57 Å². The van der Waals surface area contributed by atoms with Crippen LogP contribution in [0.4, 0.5) is 17.1 Å². The molecule has 0 unspecified atom stereocenters. The average Bonchev–Trinajstić information content (AvgIpc) is 3.40. The minimum atomic E-state index is -0.543. The fourth-order valence-corrected chi connectivity index (χ4v) is 13.0. The maximum atomic E-state index is 2.47. The summed E-state index contributed by atoms with van der Waals surface area (Å²) in [4.78, 5) is 2.45. The highest BCUT2D eigenvalue weighted by Crippen LogP contribution is 2.57. The van der Waals surface area contributed by atoms with Crippen molar-refractivity contribution in [3.8, 4) is 72.4 Å². The molecule has 14 aromatic rings. The van der Waals surface area contributed by atoms with Gasteiger partial charge in [0.25, 0.3) is 0 Å². The van der Waals surface area contributed by atoms with Crippen molar-refractivity contribution in [3.63, 3.8) is 0 Å². The van der Waals surface area contributed by atoms with Crippen molar-refractivity contribution in [3.05, 3.63) is 350 Å². The molecule has 2 nitrogen and oxygen atoms in total. The minimum absolute atomic E-state index is 0.543. The monoisotopic (exact) mass is 1030 g/mol. The Morgan fingerprint density at radius 1 is 0.235 bits per heavy atom. The second-order valence-electron chi connectivity index (χ2n) is 21.2. The standard InChI is InChI=1S/C79H54N2/c1-6-23-55(24-7-1)58-41-44-65(45-42-58)80(67-46-47-72-71-37-18-20-39-75(71)79(76(72)54-67,63-30-12-4-13-31-63)64-32-14-5-15-33-64)66-34-22-29-59(50-66)69-35-16-17-36-70(69)60-43-48-78-74(53-60)73-38-19-21-40-77(73)81(78)68-51-61(56-25-8-2-9-26-56)49-62(52-68)57-27-10-3-11-28-57/h1-54H. The van der Waals surface area contributed by atoms with Crippen molar-refractivity contribution in [1.29, 1.82) is 0 Å². The first kappa shape index (κ1) is 47.7. The second-order valence-corrected chi connectivity index (χ2v) is 21.2. The molecule has 15 rings (SSSR count). The zero-order valence-corrected chi connectivity index (χ0v) is 44.6. The van der Waals surface area contributed by atoms with Crippen molar-refractivity contribution >= 4 is 38.9 Å². The molecule has 380 valence electrons. The predicted molar refractivity (Wildman–Crippen MR) is 340 cm³/mol. The van der Waals surface area contributed by atoms with Gasteiger partial charge in [-0.25, -0.2) is 0 Å². The Morgan fingerprint density at radius 2 is 0.679 bits per heavy atom. The third-order valence-corrected chi connectivity index (χ3v) is 16.6. The Kier molecular flexibility index (Phi) is 11.8. The number of nitrogens with zero attached hydrogens (tertiary/aromatic N) is 2. The summed E-state index contributed by atoms with van der Waals surface area (Å²) in [6, 6.07) is 120. The molecular formula is C79H54N2. The predicted octanol–water partition coefficient (Wildman–Crippen LogP) is 21.0. The van der Waals surface area contributed by atoms with E-state index in [9.17, 15) is 0 Å². The Hall–Kier alpha value is -10.5. The van der Waals surface area contributed by atoms with Gasteiger partial charge in [-0.2, -0.15) is 0 Å². The third kappa shape index (κ3) is 8.19. The lowest BCUT2D eigenvalue weighted by Crippen LogP contribution is -2.28. The molecule has 0 fully saturated rings. The number of rotatable bonds is 11. The van der Waals surface area contributed by atoms with E-state index in [1.54, 1.807) is 0 Å². The van der Waals surface area contributed by atoms with Crippen molar-refractivity contribution in [2.24, 2.45) is 0 Å². The lowest BCUT2D eigenvalue weighted by atomic mass is 9.67. The van der Waals surface area contributed by atoms with Crippen LogP contribution in [0.3, 0.4) is 0 Å². The fraction of sp³-hybridized carbons (Fsp3) is 0.0127. The van der Waals surface area contributed by atoms with Gasteiger partial charge in [0.2, 0.25) is 0 Å². The fourth-order valence-electron chi connectivity index (χ4n) is 13.0. The zero-order valence-electron chi connectivity index (χ0n) is 44.6. The van der Waals surface area contributed by atoms with Crippen LogP contribution < -0.4 is 4.90 Å². The molecule has 0 radical (unpaired) electrons. The van der Waals surface area contributed by atoms with Crippen LogP contribution in [0.1, 0.15) is 22.3 Å². The van der Waals surface area contributed by atoms with E-state index in [1.165, 1.54) is 105 Å². The number of benzene rings is 13. The zero-order chi connectivity index (χ0) is 53.7. The molecule has 13 aromatic carbocycles. The maximum absolute atomic E-state index is 2.47. The van der Waals surface area contributed by atoms with Gasteiger partial charge in [-0.3, -0.25) is 0 Å². The number of hydrogen-bond donors (Lipinski definition) is 0. The largest absolute Gasteiger partial charge is 0.310 e. The minimum Gasteiger partial charge on any atom is -0.310 e. The van der Waals surface area contributed by atoms with Crippen LogP contribution in [-0.4, -0.2) is 4.57 Å². The van der Waals surface area contributed by atoms with Crippen LogP contribution in [0, 0.1) is 0 Å². The van der Waals surface area contributed by atoms with Crippen LogP contribution in [-0.2, 0) is 5.41 Å². The molecular weight excluding hydrogens is 977 g/mol. The molecule has 0 bridgehead atoms. The van der Waals surface area contributed by atoms with E-state index in [1.807, 2.05) is 0 Å². The lowest BCUT2D eigenvalue weighted by molar-refractivity contribution is 0.768. The normalized spacial score (nSPS) is 12.3. The smallest absolute Gasteiger partial charge is 0.0714 e. The molecule has 0 saturated carbocycles. The Morgan fingerprint density at radius 3 is 1.31 bits per heavy atom. The van der Waals surface area contributed by atoms with Gasteiger partial charge in [-0.05, 0) is 162 Å². The summed E-state index contributed by atoms with van der Waals surface area (Å²) in [6.07, 6.45) is 0. The lowest BCUT2D eigenvalue weighted by Gasteiger charge is -2.35. The summed E-state index contributed by atoms with van der Waals surface area (Å²) in [7, 11) is 0. The number of hydrogen-bond acceptors (Lipinski definition) is 1. The Balaban J connectivity index is 0.878. The van der Waals surface area contributed by atoms with Crippen LogP contribution in [0.5, 0.6) is 0 Å². The van der Waals surface area contributed by atoms with Gasteiger partial charge in [-0.15, -0.1) is 0 Å². The molecule has 1 aliphatic carbocycles. The van der Waals surface area contributed by atoms with Gasteiger partial charge in [0.1, 0.15) is 0 Å². The van der Waals surface area contributed by atoms with E-state index >= 15 is 0 Å². The topological polar surface area (TPSA) is 8.17 Å². The second kappa shape index (κ2) is 20.0. The molecule has 0 saturated heterocycles. The summed E-state index contributed by atoms with van der Waals surface area (Å²) in [5.74, 6) is 0. The van der Waals surface area contributed by atoms with E-state index in [-0.39, 0.29) is 0 Å². The van der Waals surface area contributed by atoms with Gasteiger partial charge in [0.15, 0.2) is 0 Å².